The minimum Gasteiger partial charge on any atom is -0.358 e. The largest absolute Gasteiger partial charge is 0.358 e. The van der Waals surface area contributed by atoms with E-state index in [0.29, 0.717) is 0 Å². The first kappa shape index (κ1) is 13.2. The SMILES string of the molecule is Cc1nc(N(C)CCN(C)C)c2c(C)csc2n1. The Morgan fingerprint density at radius 2 is 1.83 bits per heavy atom. The number of hydrogen-bond donors (Lipinski definition) is 0. The minimum atomic E-state index is 0.844. The molecule has 0 aliphatic heterocycles. The predicted octanol–water partition coefficient (Wildman–Crippen LogP) is 2.31. The molecular formula is C13H20N4S. The highest BCUT2D eigenvalue weighted by molar-refractivity contribution is 7.17. The van der Waals surface area contributed by atoms with Crippen molar-refractivity contribution in [2.45, 2.75) is 13.8 Å². The van der Waals surface area contributed by atoms with Crippen LogP contribution in [0.25, 0.3) is 10.2 Å². The molecule has 0 spiro atoms. The molecule has 0 N–H and O–H groups in total. The van der Waals surface area contributed by atoms with Gasteiger partial charge in [-0.3, -0.25) is 0 Å². The van der Waals surface area contributed by atoms with Gasteiger partial charge in [0.15, 0.2) is 0 Å². The second-order valence-corrected chi connectivity index (χ2v) is 5.78. The van der Waals surface area contributed by atoms with Crippen LogP contribution in [0.4, 0.5) is 5.82 Å². The zero-order chi connectivity index (χ0) is 13.3. The number of aryl methyl sites for hydroxylation is 2. The fraction of sp³-hybridized carbons (Fsp3) is 0.538. The average Bonchev–Trinajstić information content (AvgIpc) is 2.66. The molecule has 0 saturated heterocycles. The molecule has 4 nitrogen and oxygen atoms in total. The maximum Gasteiger partial charge on any atom is 0.141 e. The lowest BCUT2D eigenvalue weighted by atomic mass is 10.2. The van der Waals surface area contributed by atoms with Crippen molar-refractivity contribution in [2.75, 3.05) is 39.1 Å². The van der Waals surface area contributed by atoms with E-state index in [1.54, 1.807) is 11.3 Å². The number of rotatable bonds is 4. The minimum absolute atomic E-state index is 0.844. The van der Waals surface area contributed by atoms with Crippen molar-refractivity contribution in [3.63, 3.8) is 0 Å². The predicted molar refractivity (Wildman–Crippen MR) is 78.7 cm³/mol. The first-order valence-corrected chi connectivity index (χ1v) is 6.95. The number of anilines is 1. The van der Waals surface area contributed by atoms with Crippen molar-refractivity contribution < 1.29 is 0 Å². The maximum atomic E-state index is 4.62. The van der Waals surface area contributed by atoms with E-state index in [0.717, 1.165) is 29.6 Å². The Labute approximate surface area is 112 Å². The van der Waals surface area contributed by atoms with E-state index in [2.05, 4.69) is 53.2 Å². The van der Waals surface area contributed by atoms with Crippen LogP contribution in [0.15, 0.2) is 5.38 Å². The molecule has 0 aromatic carbocycles. The summed E-state index contributed by atoms with van der Waals surface area (Å²) in [5, 5.41) is 3.36. The Morgan fingerprint density at radius 1 is 1.11 bits per heavy atom. The van der Waals surface area contributed by atoms with Crippen LogP contribution < -0.4 is 4.90 Å². The third-order valence-corrected chi connectivity index (χ3v) is 3.94. The fourth-order valence-corrected chi connectivity index (χ4v) is 2.86. The Balaban J connectivity index is 2.39. The van der Waals surface area contributed by atoms with Crippen molar-refractivity contribution in [3.05, 3.63) is 16.8 Å². The van der Waals surface area contributed by atoms with E-state index in [-0.39, 0.29) is 0 Å². The van der Waals surface area contributed by atoms with Gasteiger partial charge >= 0.3 is 0 Å². The summed E-state index contributed by atoms with van der Waals surface area (Å²) < 4.78 is 0. The lowest BCUT2D eigenvalue weighted by Gasteiger charge is -2.21. The van der Waals surface area contributed by atoms with Crippen LogP contribution in [0.5, 0.6) is 0 Å². The van der Waals surface area contributed by atoms with Crippen LogP contribution in [0.2, 0.25) is 0 Å². The molecule has 5 heteroatoms. The van der Waals surface area contributed by atoms with Gasteiger partial charge in [-0.15, -0.1) is 11.3 Å². The first-order valence-electron chi connectivity index (χ1n) is 6.07. The average molecular weight is 264 g/mol. The molecule has 0 atom stereocenters. The summed E-state index contributed by atoms with van der Waals surface area (Å²) in [6.07, 6.45) is 0. The van der Waals surface area contributed by atoms with Gasteiger partial charge in [0.05, 0.1) is 5.39 Å². The second-order valence-electron chi connectivity index (χ2n) is 4.92. The number of thiophene rings is 1. The summed E-state index contributed by atoms with van der Waals surface area (Å²) in [7, 11) is 6.27. The van der Waals surface area contributed by atoms with Crippen LogP contribution >= 0.6 is 11.3 Å². The Kier molecular flexibility index (Phi) is 3.82. The molecule has 0 unspecified atom stereocenters. The molecule has 0 amide bonds. The van der Waals surface area contributed by atoms with E-state index in [4.69, 9.17) is 0 Å². The van der Waals surface area contributed by atoms with Gasteiger partial charge in [0, 0.05) is 20.1 Å². The molecule has 2 heterocycles. The summed E-state index contributed by atoms with van der Waals surface area (Å²) in [6, 6.07) is 0. The van der Waals surface area contributed by atoms with Gasteiger partial charge in [-0.25, -0.2) is 9.97 Å². The number of nitrogens with zero attached hydrogens (tertiary/aromatic N) is 4. The molecule has 2 aromatic rings. The Morgan fingerprint density at radius 3 is 2.50 bits per heavy atom. The van der Waals surface area contributed by atoms with Crippen LogP contribution in [0, 0.1) is 13.8 Å². The van der Waals surface area contributed by atoms with E-state index in [9.17, 15) is 0 Å². The van der Waals surface area contributed by atoms with Crippen molar-refractivity contribution >= 4 is 27.4 Å². The number of likely N-dealkylation sites (N-methyl/N-ethyl adjacent to an activating group) is 2. The highest BCUT2D eigenvalue weighted by Crippen LogP contribution is 2.30. The lowest BCUT2D eigenvalue weighted by molar-refractivity contribution is 0.416. The molecule has 0 fully saturated rings. The van der Waals surface area contributed by atoms with E-state index < -0.39 is 0 Å². The zero-order valence-electron chi connectivity index (χ0n) is 11.7. The van der Waals surface area contributed by atoms with Gasteiger partial charge < -0.3 is 9.80 Å². The molecule has 0 radical (unpaired) electrons. The van der Waals surface area contributed by atoms with Crippen molar-refractivity contribution in [1.29, 1.82) is 0 Å². The Bertz CT molecular complexity index is 547. The molecular weight excluding hydrogens is 244 g/mol. The van der Waals surface area contributed by atoms with Crippen LogP contribution in [0.3, 0.4) is 0 Å². The quantitative estimate of drug-likeness (QED) is 0.848. The second kappa shape index (κ2) is 5.20. The van der Waals surface area contributed by atoms with Gasteiger partial charge in [0.1, 0.15) is 16.5 Å². The normalized spacial score (nSPS) is 11.4. The molecule has 0 aliphatic carbocycles. The molecule has 18 heavy (non-hydrogen) atoms. The first-order chi connectivity index (χ1) is 8.49. The molecule has 2 aromatic heterocycles. The van der Waals surface area contributed by atoms with Crippen molar-refractivity contribution in [3.8, 4) is 0 Å². The van der Waals surface area contributed by atoms with Crippen LogP contribution in [0.1, 0.15) is 11.4 Å². The summed E-state index contributed by atoms with van der Waals surface area (Å²) in [4.78, 5) is 14.6. The molecule has 98 valence electrons. The van der Waals surface area contributed by atoms with Gasteiger partial charge in [0.25, 0.3) is 0 Å². The maximum absolute atomic E-state index is 4.62. The fourth-order valence-electron chi connectivity index (χ4n) is 1.90. The molecule has 2 rings (SSSR count). The van der Waals surface area contributed by atoms with Gasteiger partial charge in [-0.1, -0.05) is 0 Å². The van der Waals surface area contributed by atoms with Crippen LogP contribution in [-0.2, 0) is 0 Å². The monoisotopic (exact) mass is 264 g/mol. The highest BCUT2D eigenvalue weighted by atomic mass is 32.1. The smallest absolute Gasteiger partial charge is 0.141 e. The van der Waals surface area contributed by atoms with Gasteiger partial charge in [0.2, 0.25) is 0 Å². The van der Waals surface area contributed by atoms with E-state index in [1.165, 1.54) is 10.9 Å². The molecule has 0 bridgehead atoms. The lowest BCUT2D eigenvalue weighted by Crippen LogP contribution is -2.29. The van der Waals surface area contributed by atoms with Crippen molar-refractivity contribution in [2.24, 2.45) is 0 Å². The topological polar surface area (TPSA) is 32.3 Å². The third kappa shape index (κ3) is 2.62. The third-order valence-electron chi connectivity index (χ3n) is 2.95. The van der Waals surface area contributed by atoms with E-state index >= 15 is 0 Å². The zero-order valence-corrected chi connectivity index (χ0v) is 12.5. The number of fused-ring (bicyclic) bond motifs is 1. The van der Waals surface area contributed by atoms with Gasteiger partial charge in [-0.05, 0) is 38.9 Å². The number of aromatic nitrogens is 2. The Hall–Kier alpha value is -1.20. The van der Waals surface area contributed by atoms with Crippen molar-refractivity contribution in [1.82, 2.24) is 14.9 Å². The summed E-state index contributed by atoms with van der Waals surface area (Å²) >= 11 is 1.70. The highest BCUT2D eigenvalue weighted by Gasteiger charge is 2.13. The summed E-state index contributed by atoms with van der Waals surface area (Å²) in [5.74, 6) is 1.90. The van der Waals surface area contributed by atoms with Crippen LogP contribution in [-0.4, -0.2) is 49.1 Å². The van der Waals surface area contributed by atoms with Gasteiger partial charge in [-0.2, -0.15) is 0 Å². The summed E-state index contributed by atoms with van der Waals surface area (Å²) in [6.45, 7) is 6.07. The number of hydrogen-bond acceptors (Lipinski definition) is 5. The summed E-state index contributed by atoms with van der Waals surface area (Å²) in [5.41, 5.74) is 1.27. The molecule has 0 aliphatic rings. The standard InChI is InChI=1S/C13H20N4S/c1-9-8-18-13-11(9)12(14-10(2)15-13)17(5)7-6-16(3)4/h8H,6-7H2,1-5H3. The van der Waals surface area contributed by atoms with E-state index in [1.807, 2.05) is 6.92 Å². The molecule has 0 saturated carbocycles.